The third-order valence-electron chi connectivity index (χ3n) is 3.48. The van der Waals surface area contributed by atoms with Gasteiger partial charge < -0.3 is 15.6 Å². The number of nitrogens with two attached hydrogens (primary N) is 1. The third kappa shape index (κ3) is 2.74. The van der Waals surface area contributed by atoms with Crippen molar-refractivity contribution in [3.63, 3.8) is 0 Å². The van der Waals surface area contributed by atoms with E-state index in [1.807, 2.05) is 24.3 Å². The van der Waals surface area contributed by atoms with E-state index >= 15 is 0 Å². The van der Waals surface area contributed by atoms with E-state index in [9.17, 15) is 4.79 Å². The van der Waals surface area contributed by atoms with Crippen LogP contribution in [0.15, 0.2) is 54.7 Å². The van der Waals surface area contributed by atoms with Gasteiger partial charge in [0.25, 0.3) is 0 Å². The second-order valence-electron chi connectivity index (χ2n) is 4.93. The molecular formula is C17H15N3O3. The van der Waals surface area contributed by atoms with Crippen LogP contribution in [0.4, 0.5) is 5.69 Å². The van der Waals surface area contributed by atoms with Crippen LogP contribution >= 0.6 is 0 Å². The number of aromatic carboxylic acids is 1. The van der Waals surface area contributed by atoms with Gasteiger partial charge in [-0.05, 0) is 36.4 Å². The molecule has 6 heteroatoms. The van der Waals surface area contributed by atoms with Crippen molar-refractivity contribution in [2.45, 2.75) is 0 Å². The first-order valence-corrected chi connectivity index (χ1v) is 6.92. The standard InChI is InChI=1S/C17H15N3O3/c1-23-15-5-3-2-4-13(15)16-14(18)10-20(19-16)12-8-6-11(7-9-12)17(21)22/h2-10H,18H2,1H3,(H,21,22). The van der Waals surface area contributed by atoms with Crippen LogP contribution in [-0.4, -0.2) is 28.0 Å². The van der Waals surface area contributed by atoms with Gasteiger partial charge in [0.2, 0.25) is 0 Å². The summed E-state index contributed by atoms with van der Waals surface area (Å²) in [4.78, 5) is 10.9. The number of anilines is 1. The van der Waals surface area contributed by atoms with E-state index in [4.69, 9.17) is 15.6 Å². The minimum Gasteiger partial charge on any atom is -0.496 e. The number of nitrogens with zero attached hydrogens (tertiary/aromatic N) is 2. The maximum absolute atomic E-state index is 10.9. The van der Waals surface area contributed by atoms with Crippen molar-refractivity contribution in [1.29, 1.82) is 0 Å². The average molecular weight is 309 g/mol. The highest BCUT2D eigenvalue weighted by molar-refractivity contribution is 5.87. The molecule has 0 aliphatic rings. The largest absolute Gasteiger partial charge is 0.496 e. The normalized spacial score (nSPS) is 10.5. The predicted octanol–water partition coefficient (Wildman–Crippen LogP) is 2.83. The minimum absolute atomic E-state index is 0.221. The number of para-hydroxylation sites is 1. The second-order valence-corrected chi connectivity index (χ2v) is 4.93. The monoisotopic (exact) mass is 309 g/mol. The summed E-state index contributed by atoms with van der Waals surface area (Å²) in [5.41, 5.74) is 8.95. The van der Waals surface area contributed by atoms with Crippen LogP contribution in [0.2, 0.25) is 0 Å². The fraction of sp³-hybridized carbons (Fsp3) is 0.0588. The summed E-state index contributed by atoms with van der Waals surface area (Å²) in [5.74, 6) is -0.281. The third-order valence-corrected chi connectivity index (χ3v) is 3.48. The van der Waals surface area contributed by atoms with E-state index in [0.29, 0.717) is 17.1 Å². The molecule has 0 aliphatic carbocycles. The zero-order chi connectivity index (χ0) is 16.4. The first-order chi connectivity index (χ1) is 11.1. The van der Waals surface area contributed by atoms with Crippen LogP contribution < -0.4 is 10.5 Å². The van der Waals surface area contributed by atoms with Gasteiger partial charge in [0, 0.05) is 5.56 Å². The Hall–Kier alpha value is -3.28. The second kappa shape index (κ2) is 5.84. The molecule has 1 aromatic heterocycles. The van der Waals surface area contributed by atoms with Gasteiger partial charge in [0.15, 0.2) is 0 Å². The summed E-state index contributed by atoms with van der Waals surface area (Å²) in [6, 6.07) is 13.9. The summed E-state index contributed by atoms with van der Waals surface area (Å²) >= 11 is 0. The van der Waals surface area contributed by atoms with E-state index < -0.39 is 5.97 Å². The minimum atomic E-state index is -0.966. The van der Waals surface area contributed by atoms with Crippen LogP contribution in [0, 0.1) is 0 Å². The number of hydrogen-bond donors (Lipinski definition) is 2. The van der Waals surface area contributed by atoms with Crippen molar-refractivity contribution in [3.05, 3.63) is 60.3 Å². The van der Waals surface area contributed by atoms with Crippen LogP contribution in [0.5, 0.6) is 5.75 Å². The number of benzene rings is 2. The fourth-order valence-corrected chi connectivity index (χ4v) is 2.33. The molecule has 2 aromatic carbocycles. The zero-order valence-electron chi connectivity index (χ0n) is 12.4. The van der Waals surface area contributed by atoms with Crippen molar-refractivity contribution in [1.82, 2.24) is 9.78 Å². The summed E-state index contributed by atoms with van der Waals surface area (Å²) < 4.78 is 6.96. The number of rotatable bonds is 4. The van der Waals surface area contributed by atoms with E-state index in [1.54, 1.807) is 30.1 Å². The highest BCUT2D eigenvalue weighted by Gasteiger charge is 2.14. The van der Waals surface area contributed by atoms with E-state index in [0.717, 1.165) is 11.3 Å². The van der Waals surface area contributed by atoms with E-state index in [2.05, 4.69) is 5.10 Å². The van der Waals surface area contributed by atoms with Crippen LogP contribution in [0.1, 0.15) is 10.4 Å². The fourth-order valence-electron chi connectivity index (χ4n) is 2.33. The molecule has 0 spiro atoms. The lowest BCUT2D eigenvalue weighted by molar-refractivity contribution is 0.0697. The van der Waals surface area contributed by atoms with Crippen LogP contribution in [0.25, 0.3) is 16.9 Å². The Morgan fingerprint density at radius 2 is 1.87 bits per heavy atom. The molecule has 3 rings (SSSR count). The molecule has 0 saturated carbocycles. The highest BCUT2D eigenvalue weighted by atomic mass is 16.5. The zero-order valence-corrected chi connectivity index (χ0v) is 12.4. The van der Waals surface area contributed by atoms with Gasteiger partial charge in [0.1, 0.15) is 11.4 Å². The molecule has 0 fully saturated rings. The summed E-state index contributed by atoms with van der Waals surface area (Å²) in [5, 5.41) is 13.4. The van der Waals surface area contributed by atoms with Crippen molar-refractivity contribution in [2.24, 2.45) is 0 Å². The molecule has 3 aromatic rings. The smallest absolute Gasteiger partial charge is 0.335 e. The molecule has 0 radical (unpaired) electrons. The SMILES string of the molecule is COc1ccccc1-c1nn(-c2ccc(C(=O)O)cc2)cc1N. The maximum Gasteiger partial charge on any atom is 0.335 e. The number of carboxylic acids is 1. The van der Waals surface area contributed by atoms with E-state index in [-0.39, 0.29) is 5.56 Å². The van der Waals surface area contributed by atoms with Crippen molar-refractivity contribution >= 4 is 11.7 Å². The van der Waals surface area contributed by atoms with Gasteiger partial charge in [-0.25, -0.2) is 9.48 Å². The number of carboxylic acid groups (broad SMARTS) is 1. The highest BCUT2D eigenvalue weighted by Crippen LogP contribution is 2.32. The number of carbonyl (C=O) groups is 1. The molecule has 0 bridgehead atoms. The number of methoxy groups -OCH3 is 1. The lowest BCUT2D eigenvalue weighted by Crippen LogP contribution is -1.99. The van der Waals surface area contributed by atoms with Crippen molar-refractivity contribution < 1.29 is 14.6 Å². The number of nitrogen functional groups attached to an aromatic ring is 1. The number of hydrogen-bond acceptors (Lipinski definition) is 4. The average Bonchev–Trinajstić information content (AvgIpc) is 2.96. The molecule has 6 nitrogen and oxygen atoms in total. The van der Waals surface area contributed by atoms with Crippen molar-refractivity contribution in [3.8, 4) is 22.7 Å². The topological polar surface area (TPSA) is 90.4 Å². The first kappa shape index (κ1) is 14.6. The molecule has 3 N–H and O–H groups in total. The molecule has 23 heavy (non-hydrogen) atoms. The molecular weight excluding hydrogens is 294 g/mol. The molecule has 0 aliphatic heterocycles. The Bertz CT molecular complexity index is 854. The maximum atomic E-state index is 10.9. The molecule has 0 unspecified atom stereocenters. The molecule has 116 valence electrons. The van der Waals surface area contributed by atoms with Gasteiger partial charge in [-0.1, -0.05) is 12.1 Å². The molecule has 0 atom stereocenters. The van der Waals surface area contributed by atoms with Gasteiger partial charge in [-0.15, -0.1) is 0 Å². The number of ether oxygens (including phenoxy) is 1. The molecule has 0 amide bonds. The summed E-state index contributed by atoms with van der Waals surface area (Å²) in [6.07, 6.45) is 1.69. The molecule has 1 heterocycles. The van der Waals surface area contributed by atoms with E-state index in [1.165, 1.54) is 12.1 Å². The van der Waals surface area contributed by atoms with Gasteiger partial charge in [0.05, 0.1) is 30.2 Å². The Morgan fingerprint density at radius 1 is 1.17 bits per heavy atom. The Morgan fingerprint density at radius 3 is 2.52 bits per heavy atom. The predicted molar refractivity (Wildman–Crippen MR) is 86.9 cm³/mol. The lowest BCUT2D eigenvalue weighted by Gasteiger charge is -2.06. The molecule has 0 saturated heterocycles. The van der Waals surface area contributed by atoms with Crippen LogP contribution in [0.3, 0.4) is 0 Å². The van der Waals surface area contributed by atoms with Gasteiger partial charge in [-0.2, -0.15) is 5.10 Å². The van der Waals surface area contributed by atoms with Gasteiger partial charge in [-0.3, -0.25) is 0 Å². The number of aromatic nitrogens is 2. The van der Waals surface area contributed by atoms with Crippen molar-refractivity contribution in [2.75, 3.05) is 12.8 Å². The Kier molecular flexibility index (Phi) is 3.72. The van der Waals surface area contributed by atoms with Crippen LogP contribution in [-0.2, 0) is 0 Å². The first-order valence-electron chi connectivity index (χ1n) is 6.92. The summed E-state index contributed by atoms with van der Waals surface area (Å²) in [6.45, 7) is 0. The summed E-state index contributed by atoms with van der Waals surface area (Å²) in [7, 11) is 1.59. The lowest BCUT2D eigenvalue weighted by atomic mass is 10.1. The Balaban J connectivity index is 2.02. The van der Waals surface area contributed by atoms with Gasteiger partial charge >= 0.3 is 5.97 Å². The Labute approximate surface area is 132 Å². The quantitative estimate of drug-likeness (QED) is 0.773.